The van der Waals surface area contributed by atoms with Gasteiger partial charge in [0.2, 0.25) is 0 Å². The van der Waals surface area contributed by atoms with E-state index in [0.29, 0.717) is 30.1 Å². The van der Waals surface area contributed by atoms with Crippen molar-refractivity contribution in [1.29, 1.82) is 0 Å². The average molecular weight is 552 g/mol. The molecular formula is C36H41NO4. The van der Waals surface area contributed by atoms with Gasteiger partial charge in [-0.1, -0.05) is 68.4 Å². The Bertz CT molecular complexity index is 1420. The van der Waals surface area contributed by atoms with Gasteiger partial charge >= 0.3 is 5.97 Å². The van der Waals surface area contributed by atoms with Gasteiger partial charge in [0, 0.05) is 18.3 Å². The summed E-state index contributed by atoms with van der Waals surface area (Å²) in [4.78, 5) is 13.7. The summed E-state index contributed by atoms with van der Waals surface area (Å²) in [5.41, 5.74) is 7.43. The van der Waals surface area contributed by atoms with Crippen LogP contribution in [0.5, 0.6) is 11.5 Å². The van der Waals surface area contributed by atoms with Gasteiger partial charge in [0.1, 0.15) is 6.61 Å². The molecule has 0 unspecified atom stereocenters. The molecule has 0 aliphatic heterocycles. The Morgan fingerprint density at radius 2 is 1.51 bits per heavy atom. The van der Waals surface area contributed by atoms with Gasteiger partial charge in [-0.05, 0) is 96.8 Å². The highest BCUT2D eigenvalue weighted by Crippen LogP contribution is 2.30. The first-order chi connectivity index (χ1) is 19.8. The van der Waals surface area contributed by atoms with E-state index in [1.807, 2.05) is 0 Å². The lowest BCUT2D eigenvalue weighted by molar-refractivity contribution is 0.0696. The first-order valence-corrected chi connectivity index (χ1v) is 14.4. The van der Waals surface area contributed by atoms with Crippen molar-refractivity contribution in [2.75, 3.05) is 12.0 Å². The highest BCUT2D eigenvalue weighted by atomic mass is 16.5. The van der Waals surface area contributed by atoms with Crippen molar-refractivity contribution in [2.24, 2.45) is 0 Å². The van der Waals surface area contributed by atoms with Crippen molar-refractivity contribution in [3.8, 4) is 22.6 Å². The SMILES string of the molecule is CCC(CC)c1ccc(N(Cc2cccc(-c3ccc(COc4ccc(C(=O)O)cc4OC)cc3)c2)C(C)C)cc1. The van der Waals surface area contributed by atoms with Crippen LogP contribution in [0.4, 0.5) is 5.69 Å². The minimum absolute atomic E-state index is 0.160. The molecule has 0 saturated carbocycles. The summed E-state index contributed by atoms with van der Waals surface area (Å²) in [6, 6.07) is 31.2. The lowest BCUT2D eigenvalue weighted by atomic mass is 9.94. The molecule has 4 rings (SSSR count). The van der Waals surface area contributed by atoms with Gasteiger partial charge in [-0.2, -0.15) is 0 Å². The van der Waals surface area contributed by atoms with Crippen LogP contribution in [0.15, 0.2) is 91.0 Å². The summed E-state index contributed by atoms with van der Waals surface area (Å²) in [5, 5.41) is 9.20. The highest BCUT2D eigenvalue weighted by molar-refractivity contribution is 5.88. The maximum absolute atomic E-state index is 11.2. The molecule has 5 heteroatoms. The summed E-state index contributed by atoms with van der Waals surface area (Å²) in [5.74, 6) is 0.530. The van der Waals surface area contributed by atoms with Crippen molar-refractivity contribution in [1.82, 2.24) is 0 Å². The first-order valence-electron chi connectivity index (χ1n) is 14.4. The van der Waals surface area contributed by atoms with Gasteiger partial charge in [-0.3, -0.25) is 0 Å². The van der Waals surface area contributed by atoms with Gasteiger partial charge in [0.15, 0.2) is 11.5 Å². The molecule has 0 bridgehead atoms. The van der Waals surface area contributed by atoms with E-state index in [0.717, 1.165) is 17.7 Å². The third-order valence-electron chi connectivity index (χ3n) is 7.68. The Morgan fingerprint density at radius 1 is 0.805 bits per heavy atom. The van der Waals surface area contributed by atoms with Crippen molar-refractivity contribution >= 4 is 11.7 Å². The van der Waals surface area contributed by atoms with Crippen LogP contribution in [0.2, 0.25) is 0 Å². The Labute approximate surface area is 244 Å². The maximum atomic E-state index is 11.2. The number of hydrogen-bond acceptors (Lipinski definition) is 4. The number of carbonyl (C=O) groups is 1. The minimum atomic E-state index is -1.00. The lowest BCUT2D eigenvalue weighted by Gasteiger charge is -2.30. The third kappa shape index (κ3) is 7.49. The zero-order valence-electron chi connectivity index (χ0n) is 24.8. The second-order valence-electron chi connectivity index (χ2n) is 10.7. The first kappa shape index (κ1) is 29.7. The summed E-state index contributed by atoms with van der Waals surface area (Å²) in [7, 11) is 1.50. The Morgan fingerprint density at radius 3 is 2.12 bits per heavy atom. The fourth-order valence-electron chi connectivity index (χ4n) is 5.19. The van der Waals surface area contributed by atoms with E-state index in [1.165, 1.54) is 54.5 Å². The summed E-state index contributed by atoms with van der Waals surface area (Å²) in [6.45, 7) is 10.2. The molecule has 214 valence electrons. The quantitative estimate of drug-likeness (QED) is 0.180. The van der Waals surface area contributed by atoms with Crippen molar-refractivity contribution < 1.29 is 19.4 Å². The molecule has 0 atom stereocenters. The van der Waals surface area contributed by atoms with E-state index in [4.69, 9.17) is 9.47 Å². The van der Waals surface area contributed by atoms with E-state index in [9.17, 15) is 9.90 Å². The zero-order valence-corrected chi connectivity index (χ0v) is 24.8. The summed E-state index contributed by atoms with van der Waals surface area (Å²) < 4.78 is 11.2. The second kappa shape index (κ2) is 13.9. The molecule has 0 aromatic heterocycles. The molecule has 0 heterocycles. The standard InChI is InChI=1S/C36H41NO4/c1-6-28(7-2)29-15-18-33(19-16-29)37(25(3)4)23-27-9-8-10-31(21-27)30-13-11-26(12-14-30)24-41-34-20-17-32(36(38)39)22-35(34)40-5/h8-22,25,28H,6-7,23-24H2,1-5H3,(H,38,39). The number of benzene rings is 4. The molecule has 0 aliphatic rings. The van der Waals surface area contributed by atoms with Crippen LogP contribution in [0.25, 0.3) is 11.1 Å². The zero-order chi connectivity index (χ0) is 29.4. The lowest BCUT2D eigenvalue weighted by Crippen LogP contribution is -2.30. The van der Waals surface area contributed by atoms with Gasteiger partial charge < -0.3 is 19.5 Å². The number of carboxylic acids is 1. The number of hydrogen-bond donors (Lipinski definition) is 1. The van der Waals surface area contributed by atoms with Crippen LogP contribution < -0.4 is 14.4 Å². The molecule has 0 aliphatic carbocycles. The second-order valence-corrected chi connectivity index (χ2v) is 10.7. The Balaban J connectivity index is 1.44. The van der Waals surface area contributed by atoms with Crippen LogP contribution in [-0.4, -0.2) is 24.2 Å². The summed E-state index contributed by atoms with van der Waals surface area (Å²) >= 11 is 0. The molecule has 4 aromatic rings. The van der Waals surface area contributed by atoms with Crippen LogP contribution in [0.1, 0.15) is 73.5 Å². The van der Waals surface area contributed by atoms with Gasteiger partial charge in [0.05, 0.1) is 12.7 Å². The molecule has 0 radical (unpaired) electrons. The van der Waals surface area contributed by atoms with Crippen molar-refractivity contribution in [3.05, 3.63) is 113 Å². The van der Waals surface area contributed by atoms with Crippen molar-refractivity contribution in [2.45, 2.75) is 65.6 Å². The van der Waals surface area contributed by atoms with E-state index in [2.05, 4.69) is 105 Å². The van der Waals surface area contributed by atoms with Crippen LogP contribution >= 0.6 is 0 Å². The minimum Gasteiger partial charge on any atom is -0.493 e. The Hall–Kier alpha value is -4.25. The number of ether oxygens (including phenoxy) is 2. The fraction of sp³-hybridized carbons (Fsp3) is 0.306. The molecule has 0 spiro atoms. The predicted octanol–water partition coefficient (Wildman–Crippen LogP) is 8.96. The molecule has 41 heavy (non-hydrogen) atoms. The van der Waals surface area contributed by atoms with Crippen LogP contribution in [0.3, 0.4) is 0 Å². The molecule has 0 saturated heterocycles. The molecular weight excluding hydrogens is 510 g/mol. The smallest absolute Gasteiger partial charge is 0.335 e. The number of rotatable bonds is 13. The van der Waals surface area contributed by atoms with Crippen molar-refractivity contribution in [3.63, 3.8) is 0 Å². The average Bonchev–Trinajstić information content (AvgIpc) is 3.00. The van der Waals surface area contributed by atoms with Gasteiger partial charge in [-0.15, -0.1) is 0 Å². The van der Waals surface area contributed by atoms with Crippen LogP contribution in [0, 0.1) is 0 Å². The number of aromatic carboxylic acids is 1. The number of carboxylic acid groups (broad SMARTS) is 1. The summed E-state index contributed by atoms with van der Waals surface area (Å²) in [6.07, 6.45) is 2.34. The topological polar surface area (TPSA) is 59.0 Å². The monoisotopic (exact) mass is 551 g/mol. The number of anilines is 1. The maximum Gasteiger partial charge on any atom is 0.335 e. The largest absolute Gasteiger partial charge is 0.493 e. The molecule has 5 nitrogen and oxygen atoms in total. The molecule has 0 amide bonds. The molecule has 0 fully saturated rings. The van der Waals surface area contributed by atoms with Gasteiger partial charge in [-0.25, -0.2) is 4.79 Å². The van der Waals surface area contributed by atoms with E-state index in [1.54, 1.807) is 6.07 Å². The fourth-order valence-corrected chi connectivity index (χ4v) is 5.19. The van der Waals surface area contributed by atoms with Gasteiger partial charge in [0.25, 0.3) is 0 Å². The van der Waals surface area contributed by atoms with E-state index < -0.39 is 5.97 Å². The third-order valence-corrected chi connectivity index (χ3v) is 7.68. The van der Waals surface area contributed by atoms with E-state index in [-0.39, 0.29) is 5.56 Å². The predicted molar refractivity (Wildman–Crippen MR) is 167 cm³/mol. The number of nitrogens with zero attached hydrogens (tertiary/aromatic N) is 1. The highest BCUT2D eigenvalue weighted by Gasteiger charge is 2.14. The van der Waals surface area contributed by atoms with E-state index >= 15 is 0 Å². The molecule has 1 N–H and O–H groups in total. The van der Waals surface area contributed by atoms with Crippen LogP contribution in [-0.2, 0) is 13.2 Å². The molecule has 4 aromatic carbocycles. The number of methoxy groups -OCH3 is 1. The normalized spacial score (nSPS) is 11.1. The Kier molecular flexibility index (Phi) is 10.1.